The van der Waals surface area contributed by atoms with Crippen LogP contribution >= 0.6 is 0 Å². The number of para-hydroxylation sites is 1. The largest absolute Gasteiger partial charge is 0.326 e. The summed E-state index contributed by atoms with van der Waals surface area (Å²) in [6, 6.07) is 8.30. The molecule has 4 nitrogen and oxygen atoms in total. The summed E-state index contributed by atoms with van der Waals surface area (Å²) in [6.07, 6.45) is 0.572. The molecule has 0 saturated carbocycles. The second-order valence-electron chi connectivity index (χ2n) is 2.92. The summed E-state index contributed by atoms with van der Waals surface area (Å²) >= 11 is 0. The zero-order valence-electron chi connectivity index (χ0n) is 7.64. The number of hydrogen-bond acceptors (Lipinski definition) is 3. The average Bonchev–Trinajstić information content (AvgIpc) is 2.19. The van der Waals surface area contributed by atoms with Crippen LogP contribution in [-0.2, 0) is 9.59 Å². The maximum Gasteiger partial charge on any atom is 0.226 e. The summed E-state index contributed by atoms with van der Waals surface area (Å²) in [5, 5.41) is 2.63. The van der Waals surface area contributed by atoms with Gasteiger partial charge in [0.15, 0.2) is 0 Å². The van der Waals surface area contributed by atoms with E-state index in [1.54, 1.807) is 12.1 Å². The van der Waals surface area contributed by atoms with Gasteiger partial charge in [-0.15, -0.1) is 0 Å². The minimum atomic E-state index is -0.723. The van der Waals surface area contributed by atoms with Crippen LogP contribution in [0, 0.1) is 0 Å². The van der Waals surface area contributed by atoms with E-state index < -0.39 is 6.04 Å². The zero-order valence-corrected chi connectivity index (χ0v) is 7.64. The van der Waals surface area contributed by atoms with Crippen LogP contribution in [-0.4, -0.2) is 18.2 Å². The van der Waals surface area contributed by atoms with Gasteiger partial charge in [-0.25, -0.2) is 0 Å². The van der Waals surface area contributed by atoms with Crippen molar-refractivity contribution in [3.8, 4) is 0 Å². The molecule has 3 N–H and O–H groups in total. The van der Waals surface area contributed by atoms with Gasteiger partial charge in [-0.3, -0.25) is 4.79 Å². The number of nitrogens with one attached hydrogen (secondary N) is 1. The van der Waals surface area contributed by atoms with Gasteiger partial charge in [-0.05, 0) is 12.1 Å². The predicted molar refractivity (Wildman–Crippen MR) is 53.7 cm³/mol. The van der Waals surface area contributed by atoms with Crippen LogP contribution in [0.25, 0.3) is 0 Å². The third kappa shape index (κ3) is 3.37. The summed E-state index contributed by atoms with van der Waals surface area (Å²) in [4.78, 5) is 21.4. The molecular formula is C10H12N2O2. The SMILES string of the molecule is NC(C=O)CC(=O)Nc1ccccc1. The molecule has 0 aromatic heterocycles. The molecule has 1 rings (SSSR count). The number of benzene rings is 1. The van der Waals surface area contributed by atoms with Crippen LogP contribution in [0.3, 0.4) is 0 Å². The normalized spacial score (nSPS) is 11.8. The fraction of sp³-hybridized carbons (Fsp3) is 0.200. The van der Waals surface area contributed by atoms with E-state index in [-0.39, 0.29) is 12.3 Å². The van der Waals surface area contributed by atoms with Gasteiger partial charge in [-0.1, -0.05) is 18.2 Å². The highest BCUT2D eigenvalue weighted by atomic mass is 16.1. The lowest BCUT2D eigenvalue weighted by atomic mass is 10.2. The van der Waals surface area contributed by atoms with Crippen LogP contribution in [0.2, 0.25) is 0 Å². The smallest absolute Gasteiger partial charge is 0.226 e. The number of carbonyl (C=O) groups is 2. The topological polar surface area (TPSA) is 72.2 Å². The van der Waals surface area contributed by atoms with Crippen molar-refractivity contribution in [2.24, 2.45) is 5.73 Å². The number of hydrogen-bond donors (Lipinski definition) is 2. The van der Waals surface area contributed by atoms with Crippen molar-refractivity contribution in [2.75, 3.05) is 5.32 Å². The van der Waals surface area contributed by atoms with Gasteiger partial charge >= 0.3 is 0 Å². The number of amides is 1. The van der Waals surface area contributed by atoms with E-state index in [2.05, 4.69) is 5.32 Å². The van der Waals surface area contributed by atoms with Crippen molar-refractivity contribution in [1.29, 1.82) is 0 Å². The first-order valence-electron chi connectivity index (χ1n) is 4.28. The molecule has 4 heteroatoms. The Morgan fingerprint density at radius 2 is 2.07 bits per heavy atom. The molecule has 0 saturated heterocycles. The van der Waals surface area contributed by atoms with Crippen molar-refractivity contribution in [3.63, 3.8) is 0 Å². The van der Waals surface area contributed by atoms with Crippen molar-refractivity contribution < 1.29 is 9.59 Å². The number of nitrogens with two attached hydrogens (primary N) is 1. The first kappa shape index (κ1) is 10.4. The van der Waals surface area contributed by atoms with E-state index in [0.29, 0.717) is 12.0 Å². The minimum Gasteiger partial charge on any atom is -0.326 e. The Morgan fingerprint density at radius 1 is 1.43 bits per heavy atom. The molecule has 0 fully saturated rings. The highest BCUT2D eigenvalue weighted by molar-refractivity contribution is 5.92. The monoisotopic (exact) mass is 192 g/mol. The van der Waals surface area contributed by atoms with Gasteiger partial charge in [0.2, 0.25) is 5.91 Å². The second-order valence-corrected chi connectivity index (χ2v) is 2.92. The molecular weight excluding hydrogens is 180 g/mol. The molecule has 0 radical (unpaired) electrons. The Labute approximate surface area is 82.1 Å². The summed E-state index contributed by atoms with van der Waals surface area (Å²) < 4.78 is 0. The van der Waals surface area contributed by atoms with E-state index in [0.717, 1.165) is 0 Å². The molecule has 1 aromatic rings. The van der Waals surface area contributed by atoms with Gasteiger partial charge in [0.1, 0.15) is 6.29 Å². The maximum absolute atomic E-state index is 11.2. The van der Waals surface area contributed by atoms with Gasteiger partial charge in [0, 0.05) is 12.1 Å². The molecule has 0 heterocycles. The molecule has 0 aliphatic rings. The third-order valence-corrected chi connectivity index (χ3v) is 1.65. The zero-order chi connectivity index (χ0) is 10.4. The second kappa shape index (κ2) is 5.14. The van der Waals surface area contributed by atoms with Gasteiger partial charge in [0.05, 0.1) is 6.04 Å². The number of aldehydes is 1. The predicted octanol–water partition coefficient (Wildman–Crippen LogP) is 0.541. The highest BCUT2D eigenvalue weighted by Crippen LogP contribution is 2.05. The first-order valence-corrected chi connectivity index (χ1v) is 4.28. The van der Waals surface area contributed by atoms with Crippen molar-refractivity contribution in [3.05, 3.63) is 30.3 Å². The van der Waals surface area contributed by atoms with Crippen molar-refractivity contribution >= 4 is 17.9 Å². The highest BCUT2D eigenvalue weighted by Gasteiger charge is 2.07. The van der Waals surface area contributed by atoms with Crippen LogP contribution in [0.5, 0.6) is 0 Å². The van der Waals surface area contributed by atoms with Gasteiger partial charge < -0.3 is 15.8 Å². The molecule has 0 bridgehead atoms. The summed E-state index contributed by atoms with van der Waals surface area (Å²) in [5.41, 5.74) is 6.00. The standard InChI is InChI=1S/C10H12N2O2/c11-8(7-13)6-10(14)12-9-4-2-1-3-5-9/h1-5,7-8H,6,11H2,(H,12,14). The summed E-state index contributed by atoms with van der Waals surface area (Å²) in [5.74, 6) is -0.254. The number of carbonyl (C=O) groups excluding carboxylic acids is 2. The van der Waals surface area contributed by atoms with E-state index >= 15 is 0 Å². The fourth-order valence-electron chi connectivity index (χ4n) is 0.996. The third-order valence-electron chi connectivity index (χ3n) is 1.65. The Balaban J connectivity index is 2.46. The van der Waals surface area contributed by atoms with E-state index in [4.69, 9.17) is 5.73 Å². The Bertz CT molecular complexity index is 311. The molecule has 1 unspecified atom stereocenters. The molecule has 1 aromatic carbocycles. The average molecular weight is 192 g/mol. The first-order chi connectivity index (χ1) is 6.72. The van der Waals surface area contributed by atoms with E-state index in [1.165, 1.54) is 0 Å². The fourth-order valence-corrected chi connectivity index (χ4v) is 0.996. The minimum absolute atomic E-state index is 0.0123. The Hall–Kier alpha value is -1.68. The van der Waals surface area contributed by atoms with E-state index in [1.807, 2.05) is 18.2 Å². The van der Waals surface area contributed by atoms with Crippen molar-refractivity contribution in [1.82, 2.24) is 0 Å². The molecule has 14 heavy (non-hydrogen) atoms. The molecule has 74 valence electrons. The summed E-state index contributed by atoms with van der Waals surface area (Å²) in [6.45, 7) is 0. The quantitative estimate of drug-likeness (QED) is 0.684. The van der Waals surface area contributed by atoms with Gasteiger partial charge in [-0.2, -0.15) is 0 Å². The van der Waals surface area contributed by atoms with Gasteiger partial charge in [0.25, 0.3) is 0 Å². The maximum atomic E-state index is 11.2. The Morgan fingerprint density at radius 3 is 2.64 bits per heavy atom. The van der Waals surface area contributed by atoms with Crippen LogP contribution < -0.4 is 11.1 Å². The lowest BCUT2D eigenvalue weighted by Gasteiger charge is -2.05. The molecule has 0 aliphatic heterocycles. The molecule has 1 atom stereocenters. The lowest BCUT2D eigenvalue weighted by Crippen LogP contribution is -2.28. The van der Waals surface area contributed by atoms with Crippen LogP contribution in [0.1, 0.15) is 6.42 Å². The summed E-state index contributed by atoms with van der Waals surface area (Å²) in [7, 11) is 0. The number of rotatable bonds is 4. The molecule has 0 spiro atoms. The molecule has 1 amide bonds. The lowest BCUT2D eigenvalue weighted by molar-refractivity contribution is -0.118. The van der Waals surface area contributed by atoms with Crippen LogP contribution in [0.15, 0.2) is 30.3 Å². The van der Waals surface area contributed by atoms with Crippen molar-refractivity contribution in [2.45, 2.75) is 12.5 Å². The molecule has 0 aliphatic carbocycles. The van der Waals surface area contributed by atoms with Crippen LogP contribution in [0.4, 0.5) is 5.69 Å². The Kier molecular flexibility index (Phi) is 3.82. The van der Waals surface area contributed by atoms with E-state index in [9.17, 15) is 9.59 Å². The number of anilines is 1.